The van der Waals surface area contributed by atoms with Crippen LogP contribution in [0.3, 0.4) is 0 Å². The summed E-state index contributed by atoms with van der Waals surface area (Å²) in [5.74, 6) is -1.09. The molecule has 7 nitrogen and oxygen atoms in total. The smallest absolute Gasteiger partial charge is 0.240 e. The molecule has 2 amide bonds. The molecule has 0 radical (unpaired) electrons. The maximum absolute atomic E-state index is 14.1. The molecule has 0 saturated carbocycles. The third-order valence-corrected chi connectivity index (χ3v) is 8.45. The van der Waals surface area contributed by atoms with Crippen LogP contribution >= 0.6 is 11.6 Å². The first-order chi connectivity index (χ1) is 17.9. The minimum Gasteiger partial charge on any atom is -0.478 e. The van der Waals surface area contributed by atoms with Crippen molar-refractivity contribution in [2.45, 2.75) is 50.2 Å². The second-order valence-electron chi connectivity index (χ2n) is 10.2. The number of carbonyl (C=O) groups is 2. The largest absolute Gasteiger partial charge is 0.478 e. The summed E-state index contributed by atoms with van der Waals surface area (Å²) in [6.45, 7) is 2.38. The molecule has 0 aliphatic carbocycles. The van der Waals surface area contributed by atoms with E-state index in [4.69, 9.17) is 21.1 Å². The fourth-order valence-corrected chi connectivity index (χ4v) is 6.88. The summed E-state index contributed by atoms with van der Waals surface area (Å²) in [6.07, 6.45) is 5.01. The van der Waals surface area contributed by atoms with Crippen molar-refractivity contribution < 1.29 is 19.1 Å². The summed E-state index contributed by atoms with van der Waals surface area (Å²) in [5.41, 5.74) is -0.381. The van der Waals surface area contributed by atoms with Gasteiger partial charge < -0.3 is 9.47 Å². The number of nitrogens with zero attached hydrogens (tertiary/aromatic N) is 3. The fraction of sp³-hybridized carbons (Fsp3) is 0.379. The van der Waals surface area contributed by atoms with Gasteiger partial charge in [0, 0.05) is 29.5 Å². The monoisotopic (exact) mass is 515 g/mol. The first-order valence-corrected chi connectivity index (χ1v) is 13.0. The minimum atomic E-state index is -0.768. The van der Waals surface area contributed by atoms with E-state index in [-0.39, 0.29) is 11.8 Å². The number of hydrogen-bond acceptors (Lipinski definition) is 6. The summed E-state index contributed by atoms with van der Waals surface area (Å²) in [6, 6.07) is 16.4. The predicted molar refractivity (Wildman–Crippen MR) is 138 cm³/mol. The zero-order valence-electron chi connectivity index (χ0n) is 20.4. The molecule has 6 rings (SSSR count). The van der Waals surface area contributed by atoms with Gasteiger partial charge in [-0.3, -0.25) is 9.59 Å². The van der Waals surface area contributed by atoms with E-state index in [0.717, 1.165) is 24.6 Å². The number of nitriles is 1. The lowest BCUT2D eigenvalue weighted by Gasteiger charge is -2.31. The van der Waals surface area contributed by atoms with Crippen molar-refractivity contribution in [2.75, 3.05) is 11.5 Å². The van der Waals surface area contributed by atoms with Gasteiger partial charge in [0.05, 0.1) is 52.0 Å². The van der Waals surface area contributed by atoms with Gasteiger partial charge in [-0.2, -0.15) is 5.26 Å². The van der Waals surface area contributed by atoms with Crippen LogP contribution in [0.5, 0.6) is 5.88 Å². The molecular formula is C29H26ClN3O4. The number of halogens is 1. The van der Waals surface area contributed by atoms with Crippen molar-refractivity contribution in [3.8, 4) is 11.9 Å². The molecule has 3 fully saturated rings. The standard InChI is InChI=1S/C29H26ClN3O4/c1-2-11-28-12-13-29(37-28,14-15-36-23-10-8-19(30)17-32-23)25-24(28)26(34)33(27(25)35)22-9-7-18(16-31)20-5-3-4-6-21(20)22/h3-10,17,24-25H,2,11-15H2,1H3/t24-,25+,28?,29?/m0/s1. The first-order valence-electron chi connectivity index (χ1n) is 12.7. The quantitative estimate of drug-likeness (QED) is 0.389. The van der Waals surface area contributed by atoms with E-state index < -0.39 is 23.0 Å². The number of anilines is 1. The van der Waals surface area contributed by atoms with Crippen LogP contribution in [0.1, 0.15) is 44.6 Å². The average Bonchev–Trinajstić information content (AvgIpc) is 3.51. The Kier molecular flexibility index (Phi) is 5.70. The van der Waals surface area contributed by atoms with Crippen LogP contribution in [0.25, 0.3) is 10.8 Å². The van der Waals surface area contributed by atoms with Crippen molar-refractivity contribution in [1.82, 2.24) is 4.98 Å². The van der Waals surface area contributed by atoms with Crippen molar-refractivity contribution >= 4 is 39.9 Å². The molecule has 4 atom stereocenters. The van der Waals surface area contributed by atoms with E-state index in [0.29, 0.717) is 47.0 Å². The number of hydrogen-bond donors (Lipinski definition) is 0. The lowest BCUT2D eigenvalue weighted by atomic mass is 9.65. The van der Waals surface area contributed by atoms with Gasteiger partial charge in [0.2, 0.25) is 17.7 Å². The van der Waals surface area contributed by atoms with Crippen LogP contribution in [-0.2, 0) is 14.3 Å². The molecule has 0 N–H and O–H groups in total. The molecule has 37 heavy (non-hydrogen) atoms. The lowest BCUT2D eigenvalue weighted by Crippen LogP contribution is -2.43. The van der Waals surface area contributed by atoms with Crippen molar-refractivity contribution in [3.63, 3.8) is 0 Å². The molecule has 2 unspecified atom stereocenters. The number of imide groups is 1. The van der Waals surface area contributed by atoms with Gasteiger partial charge in [0.1, 0.15) is 0 Å². The summed E-state index contributed by atoms with van der Waals surface area (Å²) in [4.78, 5) is 33.7. The van der Waals surface area contributed by atoms with Crippen molar-refractivity contribution in [2.24, 2.45) is 11.8 Å². The van der Waals surface area contributed by atoms with Gasteiger partial charge in [0.25, 0.3) is 0 Å². The molecular weight excluding hydrogens is 490 g/mol. The number of benzene rings is 2. The van der Waals surface area contributed by atoms with Crippen LogP contribution in [0.4, 0.5) is 5.69 Å². The highest BCUT2D eigenvalue weighted by Crippen LogP contribution is 2.64. The summed E-state index contributed by atoms with van der Waals surface area (Å²) < 4.78 is 12.6. The zero-order chi connectivity index (χ0) is 25.8. The SMILES string of the molecule is CCCC12CCC(CCOc3ccc(Cl)cn3)(O1)[C@H]1C(=O)N(c3ccc(C#N)c4ccccc34)C(=O)[C@H]12. The number of amides is 2. The Bertz CT molecular complexity index is 1450. The average molecular weight is 516 g/mol. The van der Waals surface area contributed by atoms with E-state index in [9.17, 15) is 14.9 Å². The van der Waals surface area contributed by atoms with Gasteiger partial charge >= 0.3 is 0 Å². The fourth-order valence-electron chi connectivity index (χ4n) is 6.77. The second-order valence-corrected chi connectivity index (χ2v) is 10.6. The van der Waals surface area contributed by atoms with Gasteiger partial charge in [-0.1, -0.05) is 49.2 Å². The van der Waals surface area contributed by atoms with E-state index in [1.165, 1.54) is 11.1 Å². The van der Waals surface area contributed by atoms with Gasteiger partial charge in [-0.25, -0.2) is 9.88 Å². The third kappa shape index (κ3) is 3.54. The molecule has 2 bridgehead atoms. The Morgan fingerprint density at radius 3 is 2.41 bits per heavy atom. The van der Waals surface area contributed by atoms with Crippen LogP contribution in [0.15, 0.2) is 54.7 Å². The minimum absolute atomic E-state index is 0.208. The first kappa shape index (κ1) is 23.9. The maximum Gasteiger partial charge on any atom is 0.240 e. The molecule has 188 valence electrons. The number of pyridine rings is 1. The van der Waals surface area contributed by atoms with E-state index in [2.05, 4.69) is 18.0 Å². The molecule has 4 heterocycles. The summed E-state index contributed by atoms with van der Waals surface area (Å²) >= 11 is 5.92. The highest BCUT2D eigenvalue weighted by atomic mass is 35.5. The van der Waals surface area contributed by atoms with Crippen LogP contribution in [0, 0.1) is 23.2 Å². The van der Waals surface area contributed by atoms with E-state index >= 15 is 0 Å². The molecule has 3 aromatic rings. The lowest BCUT2D eigenvalue weighted by molar-refractivity contribution is -0.132. The summed E-state index contributed by atoms with van der Waals surface area (Å²) in [7, 11) is 0. The van der Waals surface area contributed by atoms with E-state index in [1.54, 1.807) is 24.3 Å². The summed E-state index contributed by atoms with van der Waals surface area (Å²) in [5, 5.41) is 11.5. The maximum atomic E-state index is 14.1. The number of fused-ring (bicyclic) bond motifs is 6. The molecule has 3 aliphatic rings. The molecule has 8 heteroatoms. The number of rotatable bonds is 7. The Balaban J connectivity index is 1.36. The Morgan fingerprint density at radius 1 is 1.05 bits per heavy atom. The predicted octanol–water partition coefficient (Wildman–Crippen LogP) is 5.44. The highest BCUT2D eigenvalue weighted by Gasteiger charge is 2.75. The Morgan fingerprint density at radius 2 is 1.76 bits per heavy atom. The number of ether oxygens (including phenoxy) is 2. The highest BCUT2D eigenvalue weighted by molar-refractivity contribution is 6.30. The van der Waals surface area contributed by atoms with Gasteiger partial charge in [-0.15, -0.1) is 0 Å². The van der Waals surface area contributed by atoms with Crippen LogP contribution in [-0.4, -0.2) is 34.6 Å². The zero-order valence-corrected chi connectivity index (χ0v) is 21.2. The molecule has 0 spiro atoms. The van der Waals surface area contributed by atoms with Crippen LogP contribution < -0.4 is 9.64 Å². The molecule has 3 aliphatic heterocycles. The molecule has 2 aromatic carbocycles. The Labute approximate surface area is 219 Å². The normalized spacial score (nSPS) is 28.1. The topological polar surface area (TPSA) is 92.5 Å². The van der Waals surface area contributed by atoms with Gasteiger partial charge in [-0.05, 0) is 37.5 Å². The molecule has 1 aromatic heterocycles. The van der Waals surface area contributed by atoms with Gasteiger partial charge in [0.15, 0.2) is 0 Å². The Hall–Kier alpha value is -3.47. The van der Waals surface area contributed by atoms with E-state index in [1.807, 2.05) is 24.3 Å². The number of aromatic nitrogens is 1. The molecule has 3 saturated heterocycles. The van der Waals surface area contributed by atoms with Crippen LogP contribution in [0.2, 0.25) is 5.02 Å². The van der Waals surface area contributed by atoms with Crippen molar-refractivity contribution in [1.29, 1.82) is 5.26 Å². The second kappa shape index (κ2) is 8.83. The number of carbonyl (C=O) groups excluding carboxylic acids is 2. The third-order valence-electron chi connectivity index (χ3n) is 8.23. The van der Waals surface area contributed by atoms with Crippen molar-refractivity contribution in [3.05, 3.63) is 65.3 Å².